The minimum absolute atomic E-state index is 0.0353. The molecule has 1 saturated heterocycles. The van der Waals surface area contributed by atoms with E-state index in [0.29, 0.717) is 0 Å². The van der Waals surface area contributed by atoms with Gasteiger partial charge in [0.05, 0.1) is 0 Å². The first-order chi connectivity index (χ1) is 7.21. The van der Waals surface area contributed by atoms with Crippen LogP contribution >= 0.6 is 0 Å². The number of esters is 1. The SMILES string of the molecule is CC1(C(=O)OC2CCCCC2)CCCN1. The summed E-state index contributed by atoms with van der Waals surface area (Å²) in [6, 6.07) is 0. The fraction of sp³-hybridized carbons (Fsp3) is 0.917. The fourth-order valence-corrected chi connectivity index (χ4v) is 2.53. The van der Waals surface area contributed by atoms with Crippen molar-refractivity contribution in [1.29, 1.82) is 0 Å². The predicted octanol–water partition coefficient (Wildman–Crippen LogP) is 2.00. The summed E-state index contributed by atoms with van der Waals surface area (Å²) in [7, 11) is 0. The topological polar surface area (TPSA) is 38.3 Å². The Morgan fingerprint density at radius 1 is 1.27 bits per heavy atom. The van der Waals surface area contributed by atoms with Gasteiger partial charge in [-0.2, -0.15) is 0 Å². The second kappa shape index (κ2) is 4.52. The summed E-state index contributed by atoms with van der Waals surface area (Å²) < 4.78 is 5.58. The fourth-order valence-electron chi connectivity index (χ4n) is 2.53. The first-order valence-corrected chi connectivity index (χ1v) is 6.17. The van der Waals surface area contributed by atoms with Crippen LogP contribution in [0.15, 0.2) is 0 Å². The van der Waals surface area contributed by atoms with E-state index in [2.05, 4.69) is 5.32 Å². The van der Waals surface area contributed by atoms with Crippen LogP contribution in [0.3, 0.4) is 0 Å². The van der Waals surface area contributed by atoms with Crippen LogP contribution in [0.1, 0.15) is 51.9 Å². The summed E-state index contributed by atoms with van der Waals surface area (Å²) in [6.45, 7) is 2.90. The maximum Gasteiger partial charge on any atom is 0.326 e. The van der Waals surface area contributed by atoms with Crippen LogP contribution in [0.2, 0.25) is 0 Å². The van der Waals surface area contributed by atoms with Crippen LogP contribution < -0.4 is 5.32 Å². The van der Waals surface area contributed by atoms with Gasteiger partial charge in [0.15, 0.2) is 0 Å². The van der Waals surface area contributed by atoms with E-state index in [1.165, 1.54) is 19.3 Å². The van der Waals surface area contributed by atoms with Crippen molar-refractivity contribution < 1.29 is 9.53 Å². The molecule has 2 fully saturated rings. The molecule has 2 rings (SSSR count). The van der Waals surface area contributed by atoms with Gasteiger partial charge in [-0.25, -0.2) is 0 Å². The minimum atomic E-state index is -0.405. The zero-order chi connectivity index (χ0) is 10.7. The van der Waals surface area contributed by atoms with Gasteiger partial charge in [-0.15, -0.1) is 0 Å². The summed E-state index contributed by atoms with van der Waals surface area (Å²) in [5.41, 5.74) is -0.405. The van der Waals surface area contributed by atoms with Gasteiger partial charge in [0.1, 0.15) is 11.6 Å². The summed E-state index contributed by atoms with van der Waals surface area (Å²) >= 11 is 0. The van der Waals surface area contributed by atoms with Gasteiger partial charge < -0.3 is 10.1 Å². The molecule has 0 bridgehead atoms. The molecule has 15 heavy (non-hydrogen) atoms. The molecule has 1 atom stereocenters. The van der Waals surface area contributed by atoms with Crippen molar-refractivity contribution in [3.63, 3.8) is 0 Å². The molecule has 2 aliphatic rings. The van der Waals surface area contributed by atoms with Gasteiger partial charge in [0.25, 0.3) is 0 Å². The second-order valence-electron chi connectivity index (χ2n) is 5.03. The summed E-state index contributed by atoms with van der Waals surface area (Å²) in [5.74, 6) is -0.0353. The van der Waals surface area contributed by atoms with Crippen molar-refractivity contribution in [2.45, 2.75) is 63.5 Å². The number of carbonyl (C=O) groups is 1. The van der Waals surface area contributed by atoms with E-state index in [4.69, 9.17) is 4.74 Å². The average molecular weight is 211 g/mol. The highest BCUT2D eigenvalue weighted by molar-refractivity contribution is 5.80. The Balaban J connectivity index is 1.85. The maximum atomic E-state index is 12.0. The molecule has 0 radical (unpaired) electrons. The molecule has 0 aromatic heterocycles. The van der Waals surface area contributed by atoms with E-state index in [0.717, 1.165) is 32.2 Å². The van der Waals surface area contributed by atoms with Crippen molar-refractivity contribution in [2.24, 2.45) is 0 Å². The number of hydrogen-bond acceptors (Lipinski definition) is 3. The Morgan fingerprint density at radius 3 is 2.60 bits per heavy atom. The van der Waals surface area contributed by atoms with Gasteiger partial charge in [-0.1, -0.05) is 6.42 Å². The quantitative estimate of drug-likeness (QED) is 0.710. The van der Waals surface area contributed by atoms with E-state index >= 15 is 0 Å². The molecular weight excluding hydrogens is 190 g/mol. The lowest BCUT2D eigenvalue weighted by atomic mass is 9.96. The molecule has 1 aliphatic carbocycles. The summed E-state index contributed by atoms with van der Waals surface area (Å²) in [6.07, 6.45) is 8.01. The molecule has 3 heteroatoms. The molecule has 86 valence electrons. The van der Waals surface area contributed by atoms with Gasteiger partial charge in [-0.05, 0) is 52.0 Å². The first kappa shape index (κ1) is 10.9. The van der Waals surface area contributed by atoms with E-state index in [1.54, 1.807) is 0 Å². The highest BCUT2D eigenvalue weighted by atomic mass is 16.5. The number of nitrogens with one attached hydrogen (secondary N) is 1. The Hall–Kier alpha value is -0.570. The molecule has 0 aromatic carbocycles. The van der Waals surface area contributed by atoms with Crippen molar-refractivity contribution in [2.75, 3.05) is 6.54 Å². The molecule has 0 spiro atoms. The lowest BCUT2D eigenvalue weighted by molar-refractivity contribution is -0.157. The lowest BCUT2D eigenvalue weighted by Gasteiger charge is -2.28. The highest BCUT2D eigenvalue weighted by Gasteiger charge is 2.38. The van der Waals surface area contributed by atoms with Crippen molar-refractivity contribution in [3.8, 4) is 0 Å². The maximum absolute atomic E-state index is 12.0. The van der Waals surface area contributed by atoms with Crippen LogP contribution in [0.25, 0.3) is 0 Å². The standard InChI is InChI=1S/C12H21NO2/c1-12(8-5-9-13-12)11(14)15-10-6-3-2-4-7-10/h10,13H,2-9H2,1H3. The van der Waals surface area contributed by atoms with E-state index in [-0.39, 0.29) is 12.1 Å². The normalized spacial score (nSPS) is 32.9. The third kappa shape index (κ3) is 2.51. The Kier molecular flexibility index (Phi) is 3.29. The number of ether oxygens (including phenoxy) is 1. The predicted molar refractivity (Wildman–Crippen MR) is 58.6 cm³/mol. The van der Waals surface area contributed by atoms with Crippen molar-refractivity contribution in [3.05, 3.63) is 0 Å². The highest BCUT2D eigenvalue weighted by Crippen LogP contribution is 2.25. The molecule has 1 N–H and O–H groups in total. The largest absolute Gasteiger partial charge is 0.461 e. The van der Waals surface area contributed by atoms with Crippen molar-refractivity contribution >= 4 is 5.97 Å². The van der Waals surface area contributed by atoms with Gasteiger partial charge in [-0.3, -0.25) is 4.79 Å². The number of carbonyl (C=O) groups excluding carboxylic acids is 1. The van der Waals surface area contributed by atoms with E-state index < -0.39 is 5.54 Å². The van der Waals surface area contributed by atoms with E-state index in [9.17, 15) is 4.79 Å². The Bertz CT molecular complexity index is 228. The number of hydrogen-bond donors (Lipinski definition) is 1. The van der Waals surface area contributed by atoms with Crippen molar-refractivity contribution in [1.82, 2.24) is 5.32 Å². The molecule has 0 aromatic rings. The lowest BCUT2D eigenvalue weighted by Crippen LogP contribution is -2.47. The molecule has 0 amide bonds. The van der Waals surface area contributed by atoms with Crippen LogP contribution in [-0.4, -0.2) is 24.2 Å². The van der Waals surface area contributed by atoms with E-state index in [1.807, 2.05) is 6.92 Å². The summed E-state index contributed by atoms with van der Waals surface area (Å²) in [5, 5.41) is 3.25. The Labute approximate surface area is 91.6 Å². The summed E-state index contributed by atoms with van der Waals surface area (Å²) in [4.78, 5) is 12.0. The third-order valence-corrected chi connectivity index (χ3v) is 3.65. The molecule has 1 saturated carbocycles. The molecular formula is C12H21NO2. The minimum Gasteiger partial charge on any atom is -0.461 e. The number of rotatable bonds is 2. The molecule has 1 unspecified atom stereocenters. The molecule has 1 heterocycles. The first-order valence-electron chi connectivity index (χ1n) is 6.17. The third-order valence-electron chi connectivity index (χ3n) is 3.65. The zero-order valence-electron chi connectivity index (χ0n) is 9.55. The smallest absolute Gasteiger partial charge is 0.326 e. The second-order valence-corrected chi connectivity index (χ2v) is 5.03. The average Bonchev–Trinajstić information content (AvgIpc) is 2.68. The monoisotopic (exact) mass is 211 g/mol. The van der Waals surface area contributed by atoms with Crippen LogP contribution in [0.4, 0.5) is 0 Å². The van der Waals surface area contributed by atoms with Crippen LogP contribution in [0.5, 0.6) is 0 Å². The Morgan fingerprint density at radius 2 is 2.00 bits per heavy atom. The molecule has 1 aliphatic heterocycles. The van der Waals surface area contributed by atoms with Gasteiger partial charge in [0.2, 0.25) is 0 Å². The van der Waals surface area contributed by atoms with Crippen LogP contribution in [0, 0.1) is 0 Å². The van der Waals surface area contributed by atoms with Gasteiger partial charge >= 0.3 is 5.97 Å². The van der Waals surface area contributed by atoms with Gasteiger partial charge in [0, 0.05) is 0 Å². The zero-order valence-corrected chi connectivity index (χ0v) is 9.55. The van der Waals surface area contributed by atoms with Crippen LogP contribution in [-0.2, 0) is 9.53 Å². The molecule has 3 nitrogen and oxygen atoms in total.